The number of esters is 1. The molecular formula is C12H16N2O2. The van der Waals surface area contributed by atoms with E-state index in [4.69, 9.17) is 4.74 Å². The zero-order valence-corrected chi connectivity index (χ0v) is 9.48. The molecule has 86 valence electrons. The molecule has 1 aliphatic carbocycles. The van der Waals surface area contributed by atoms with Gasteiger partial charge in [0.2, 0.25) is 0 Å². The van der Waals surface area contributed by atoms with Crippen LogP contribution < -0.4 is 0 Å². The standard InChI is InChI=1S/C12H16N2O2/c1-16-12(15)9-4-5-14-10(6-9)7-13-11(14)8-2-3-8/h7-9H,2-6H2,1H3. The van der Waals surface area contributed by atoms with Crippen LogP contribution >= 0.6 is 0 Å². The van der Waals surface area contributed by atoms with Crippen molar-refractivity contribution in [2.45, 2.75) is 38.1 Å². The maximum atomic E-state index is 11.5. The van der Waals surface area contributed by atoms with Crippen molar-refractivity contribution in [1.29, 1.82) is 0 Å². The van der Waals surface area contributed by atoms with Gasteiger partial charge in [0.15, 0.2) is 0 Å². The molecule has 1 aromatic rings. The number of carbonyl (C=O) groups excluding carboxylic acids is 1. The molecule has 1 aliphatic heterocycles. The molecule has 4 nitrogen and oxygen atoms in total. The second-order valence-electron chi connectivity index (χ2n) is 4.75. The Morgan fingerprint density at radius 2 is 2.31 bits per heavy atom. The molecule has 2 aliphatic rings. The van der Waals surface area contributed by atoms with Crippen LogP contribution in [0.1, 0.15) is 36.7 Å². The highest BCUT2D eigenvalue weighted by Gasteiger charge is 2.33. The summed E-state index contributed by atoms with van der Waals surface area (Å²) < 4.78 is 7.11. The predicted octanol–water partition coefficient (Wildman–Crippen LogP) is 1.50. The zero-order valence-electron chi connectivity index (χ0n) is 9.48. The summed E-state index contributed by atoms with van der Waals surface area (Å²) >= 11 is 0. The van der Waals surface area contributed by atoms with Crippen molar-refractivity contribution in [3.8, 4) is 0 Å². The second-order valence-corrected chi connectivity index (χ2v) is 4.75. The molecule has 0 bridgehead atoms. The molecule has 0 spiro atoms. The molecule has 3 rings (SSSR count). The molecule has 2 heterocycles. The van der Waals surface area contributed by atoms with E-state index in [2.05, 4.69) is 9.55 Å². The van der Waals surface area contributed by atoms with E-state index >= 15 is 0 Å². The first-order valence-corrected chi connectivity index (χ1v) is 5.91. The van der Waals surface area contributed by atoms with E-state index in [0.29, 0.717) is 5.92 Å². The van der Waals surface area contributed by atoms with Gasteiger partial charge in [-0.3, -0.25) is 4.79 Å². The summed E-state index contributed by atoms with van der Waals surface area (Å²) in [6.07, 6.45) is 6.15. The molecule has 1 atom stereocenters. The maximum Gasteiger partial charge on any atom is 0.309 e. The van der Waals surface area contributed by atoms with E-state index in [1.807, 2.05) is 6.20 Å². The number of imidazole rings is 1. The summed E-state index contributed by atoms with van der Waals surface area (Å²) in [6.45, 7) is 0.918. The summed E-state index contributed by atoms with van der Waals surface area (Å²) in [5.74, 6) is 1.86. The Balaban J connectivity index is 1.82. The van der Waals surface area contributed by atoms with Crippen LogP contribution in [0.15, 0.2) is 6.20 Å². The van der Waals surface area contributed by atoms with Crippen molar-refractivity contribution >= 4 is 5.97 Å². The smallest absolute Gasteiger partial charge is 0.309 e. The van der Waals surface area contributed by atoms with Gasteiger partial charge in [0, 0.05) is 30.8 Å². The van der Waals surface area contributed by atoms with Crippen LogP contribution in [0.5, 0.6) is 0 Å². The van der Waals surface area contributed by atoms with Crippen LogP contribution in [0.25, 0.3) is 0 Å². The van der Waals surface area contributed by atoms with Crippen molar-refractivity contribution in [3.63, 3.8) is 0 Å². The van der Waals surface area contributed by atoms with Gasteiger partial charge in [0.1, 0.15) is 5.82 Å². The Morgan fingerprint density at radius 1 is 1.50 bits per heavy atom. The SMILES string of the molecule is COC(=O)C1CCn2c(cnc2C2CC2)C1. The average Bonchev–Trinajstić information content (AvgIpc) is 3.08. The number of nitrogens with zero attached hydrogens (tertiary/aromatic N) is 2. The van der Waals surface area contributed by atoms with Crippen molar-refractivity contribution in [2.24, 2.45) is 5.92 Å². The van der Waals surface area contributed by atoms with Gasteiger partial charge < -0.3 is 9.30 Å². The highest BCUT2D eigenvalue weighted by Crippen LogP contribution is 2.40. The molecule has 0 saturated heterocycles. The van der Waals surface area contributed by atoms with Crippen LogP contribution in [0.3, 0.4) is 0 Å². The van der Waals surface area contributed by atoms with Gasteiger partial charge in [0.05, 0.1) is 13.0 Å². The zero-order chi connectivity index (χ0) is 11.1. The van der Waals surface area contributed by atoms with Crippen LogP contribution in [0.4, 0.5) is 0 Å². The quantitative estimate of drug-likeness (QED) is 0.709. The fourth-order valence-corrected chi connectivity index (χ4v) is 2.52. The first-order chi connectivity index (χ1) is 7.79. The molecule has 1 unspecified atom stereocenters. The van der Waals surface area contributed by atoms with Gasteiger partial charge in [-0.25, -0.2) is 4.98 Å². The third-order valence-corrected chi connectivity index (χ3v) is 3.60. The molecule has 16 heavy (non-hydrogen) atoms. The fourth-order valence-electron chi connectivity index (χ4n) is 2.52. The number of hydrogen-bond donors (Lipinski definition) is 0. The number of ether oxygens (including phenoxy) is 1. The third kappa shape index (κ3) is 1.52. The molecule has 0 N–H and O–H groups in total. The van der Waals surface area contributed by atoms with Gasteiger partial charge >= 0.3 is 5.97 Å². The largest absolute Gasteiger partial charge is 0.469 e. The van der Waals surface area contributed by atoms with E-state index in [0.717, 1.165) is 19.4 Å². The topological polar surface area (TPSA) is 44.1 Å². The van der Waals surface area contributed by atoms with Gasteiger partial charge in [-0.2, -0.15) is 0 Å². The van der Waals surface area contributed by atoms with Crippen LogP contribution in [-0.4, -0.2) is 22.6 Å². The number of fused-ring (bicyclic) bond motifs is 1. The Labute approximate surface area is 94.6 Å². The van der Waals surface area contributed by atoms with Crippen LogP contribution in [-0.2, 0) is 22.5 Å². The lowest BCUT2D eigenvalue weighted by molar-refractivity contribution is -0.146. The summed E-state index contributed by atoms with van der Waals surface area (Å²) in [4.78, 5) is 16.0. The highest BCUT2D eigenvalue weighted by atomic mass is 16.5. The summed E-state index contributed by atoms with van der Waals surface area (Å²) in [7, 11) is 1.46. The predicted molar refractivity (Wildman–Crippen MR) is 58.0 cm³/mol. The van der Waals surface area contributed by atoms with E-state index in [9.17, 15) is 4.79 Å². The van der Waals surface area contributed by atoms with Crippen molar-refractivity contribution in [2.75, 3.05) is 7.11 Å². The number of methoxy groups -OCH3 is 1. The second kappa shape index (κ2) is 3.61. The minimum atomic E-state index is -0.0829. The molecular weight excluding hydrogens is 204 g/mol. The third-order valence-electron chi connectivity index (χ3n) is 3.60. The molecule has 0 amide bonds. The Morgan fingerprint density at radius 3 is 3.00 bits per heavy atom. The normalized spacial score (nSPS) is 23.9. The van der Waals surface area contributed by atoms with Crippen molar-refractivity contribution in [3.05, 3.63) is 17.7 Å². The molecule has 1 fully saturated rings. The number of hydrogen-bond acceptors (Lipinski definition) is 3. The van der Waals surface area contributed by atoms with Crippen LogP contribution in [0, 0.1) is 5.92 Å². The van der Waals surface area contributed by atoms with E-state index < -0.39 is 0 Å². The Hall–Kier alpha value is -1.32. The number of rotatable bonds is 2. The minimum Gasteiger partial charge on any atom is -0.469 e. The first-order valence-electron chi connectivity index (χ1n) is 5.91. The monoisotopic (exact) mass is 220 g/mol. The number of carbonyl (C=O) groups is 1. The van der Waals surface area contributed by atoms with E-state index in [1.165, 1.54) is 31.5 Å². The summed E-state index contributed by atoms with van der Waals surface area (Å²) in [5, 5.41) is 0. The first kappa shape index (κ1) is 9.87. The van der Waals surface area contributed by atoms with Gasteiger partial charge in [-0.15, -0.1) is 0 Å². The molecule has 0 aromatic carbocycles. The van der Waals surface area contributed by atoms with Crippen molar-refractivity contribution < 1.29 is 9.53 Å². The number of aromatic nitrogens is 2. The lowest BCUT2D eigenvalue weighted by atomic mass is 9.96. The van der Waals surface area contributed by atoms with Crippen molar-refractivity contribution in [1.82, 2.24) is 9.55 Å². The van der Waals surface area contributed by atoms with Gasteiger partial charge in [-0.1, -0.05) is 0 Å². The van der Waals surface area contributed by atoms with Gasteiger partial charge in [0.25, 0.3) is 0 Å². The Bertz CT molecular complexity index is 421. The summed E-state index contributed by atoms with van der Waals surface area (Å²) in [6, 6.07) is 0. The molecule has 1 saturated carbocycles. The lowest BCUT2D eigenvalue weighted by Gasteiger charge is -2.23. The van der Waals surface area contributed by atoms with Gasteiger partial charge in [-0.05, 0) is 19.3 Å². The molecule has 0 radical (unpaired) electrons. The fraction of sp³-hybridized carbons (Fsp3) is 0.667. The van der Waals surface area contributed by atoms with E-state index in [-0.39, 0.29) is 11.9 Å². The average molecular weight is 220 g/mol. The molecule has 1 aromatic heterocycles. The minimum absolute atomic E-state index is 0.0289. The van der Waals surface area contributed by atoms with Crippen LogP contribution in [0.2, 0.25) is 0 Å². The maximum absolute atomic E-state index is 11.5. The highest BCUT2D eigenvalue weighted by molar-refractivity contribution is 5.72. The molecule has 4 heteroatoms. The van der Waals surface area contributed by atoms with E-state index in [1.54, 1.807) is 0 Å². The lowest BCUT2D eigenvalue weighted by Crippen LogP contribution is -2.27. The summed E-state index contributed by atoms with van der Waals surface area (Å²) in [5.41, 5.74) is 1.20. The Kier molecular flexibility index (Phi) is 2.23.